The van der Waals surface area contributed by atoms with Gasteiger partial charge in [-0.05, 0) is 12.5 Å². The predicted molar refractivity (Wildman–Crippen MR) is 84.7 cm³/mol. The average Bonchev–Trinajstić information content (AvgIpc) is 3.02. The van der Waals surface area contributed by atoms with Crippen LogP contribution in [-0.2, 0) is 4.74 Å². The lowest BCUT2D eigenvalue weighted by Crippen LogP contribution is -2.41. The second-order valence-electron chi connectivity index (χ2n) is 5.92. The Balaban J connectivity index is 1.45. The molecule has 0 aliphatic carbocycles. The first kappa shape index (κ1) is 15.2. The van der Waals surface area contributed by atoms with Crippen LogP contribution in [0, 0.1) is 11.3 Å². The molecule has 6 heteroatoms. The van der Waals surface area contributed by atoms with Gasteiger partial charge in [-0.3, -0.25) is 14.8 Å². The Morgan fingerprint density at radius 1 is 1.27 bits per heavy atom. The number of hydrogen-bond donors (Lipinski definition) is 1. The van der Waals surface area contributed by atoms with Gasteiger partial charge in [0.25, 0.3) is 0 Å². The molecule has 1 aromatic heterocycles. The van der Waals surface area contributed by atoms with E-state index in [2.05, 4.69) is 26.2 Å². The molecule has 1 aromatic rings. The van der Waals surface area contributed by atoms with Gasteiger partial charge in [-0.1, -0.05) is 0 Å². The van der Waals surface area contributed by atoms with E-state index in [0.717, 1.165) is 64.6 Å². The van der Waals surface area contributed by atoms with E-state index in [1.807, 2.05) is 6.07 Å². The van der Waals surface area contributed by atoms with Crippen LogP contribution in [0.15, 0.2) is 18.5 Å². The fourth-order valence-corrected chi connectivity index (χ4v) is 3.09. The van der Waals surface area contributed by atoms with Gasteiger partial charge >= 0.3 is 0 Å². The fraction of sp³-hybridized carbons (Fsp3) is 0.625. The van der Waals surface area contributed by atoms with E-state index in [4.69, 9.17) is 10.00 Å². The molecule has 0 amide bonds. The number of pyridine rings is 1. The molecule has 2 aliphatic heterocycles. The summed E-state index contributed by atoms with van der Waals surface area (Å²) in [4.78, 5) is 8.97. The van der Waals surface area contributed by atoms with Crippen molar-refractivity contribution in [3.8, 4) is 6.07 Å². The highest BCUT2D eigenvalue weighted by Crippen LogP contribution is 2.18. The standard InChI is InChI=1S/C16H23N5O/c17-11-14-12-18-3-1-16(14)19-15-2-4-21(13-15)6-5-20-7-9-22-10-8-20/h1,3,12,15H,2,4-10,13H2,(H,18,19). The van der Waals surface area contributed by atoms with Gasteiger partial charge in [0.15, 0.2) is 0 Å². The molecule has 22 heavy (non-hydrogen) atoms. The van der Waals surface area contributed by atoms with Crippen LogP contribution in [0.25, 0.3) is 0 Å². The van der Waals surface area contributed by atoms with E-state index >= 15 is 0 Å². The Kier molecular flexibility index (Phi) is 5.22. The van der Waals surface area contributed by atoms with Crippen molar-refractivity contribution in [3.05, 3.63) is 24.0 Å². The lowest BCUT2D eigenvalue weighted by molar-refractivity contribution is 0.0344. The summed E-state index contributed by atoms with van der Waals surface area (Å²) in [7, 11) is 0. The normalized spacial score (nSPS) is 23.3. The monoisotopic (exact) mass is 301 g/mol. The number of ether oxygens (including phenoxy) is 1. The maximum atomic E-state index is 9.12. The van der Waals surface area contributed by atoms with Gasteiger partial charge in [-0.15, -0.1) is 0 Å². The van der Waals surface area contributed by atoms with Crippen LogP contribution in [0.2, 0.25) is 0 Å². The number of anilines is 1. The SMILES string of the molecule is N#Cc1cnccc1NC1CCN(CCN2CCOCC2)C1. The van der Waals surface area contributed by atoms with E-state index in [1.54, 1.807) is 12.4 Å². The number of aromatic nitrogens is 1. The van der Waals surface area contributed by atoms with Crippen LogP contribution in [0.3, 0.4) is 0 Å². The topological polar surface area (TPSA) is 64.4 Å². The number of morpholine rings is 1. The van der Waals surface area contributed by atoms with Crippen LogP contribution in [0.4, 0.5) is 5.69 Å². The zero-order valence-electron chi connectivity index (χ0n) is 12.9. The molecular weight excluding hydrogens is 278 g/mol. The van der Waals surface area contributed by atoms with Crippen LogP contribution in [0.5, 0.6) is 0 Å². The van der Waals surface area contributed by atoms with Crippen LogP contribution in [0.1, 0.15) is 12.0 Å². The lowest BCUT2D eigenvalue weighted by Gasteiger charge is -2.28. The molecule has 1 N–H and O–H groups in total. The molecule has 1 atom stereocenters. The molecule has 0 radical (unpaired) electrons. The Labute approximate surface area is 131 Å². The highest BCUT2D eigenvalue weighted by Gasteiger charge is 2.23. The predicted octanol–water partition coefficient (Wildman–Crippen LogP) is 0.772. The van der Waals surface area contributed by atoms with Crippen molar-refractivity contribution in [1.82, 2.24) is 14.8 Å². The minimum Gasteiger partial charge on any atom is -0.380 e. The fourth-order valence-electron chi connectivity index (χ4n) is 3.09. The van der Waals surface area contributed by atoms with Gasteiger partial charge < -0.3 is 10.1 Å². The first-order valence-corrected chi connectivity index (χ1v) is 7.98. The highest BCUT2D eigenvalue weighted by atomic mass is 16.5. The van der Waals surface area contributed by atoms with Gasteiger partial charge in [0.2, 0.25) is 0 Å². The number of likely N-dealkylation sites (tertiary alicyclic amines) is 1. The Morgan fingerprint density at radius 3 is 2.91 bits per heavy atom. The molecule has 1 unspecified atom stereocenters. The van der Waals surface area contributed by atoms with Crippen molar-refractivity contribution in [3.63, 3.8) is 0 Å². The third-order valence-corrected chi connectivity index (χ3v) is 4.41. The Morgan fingerprint density at radius 2 is 2.09 bits per heavy atom. The zero-order valence-corrected chi connectivity index (χ0v) is 12.9. The van der Waals surface area contributed by atoms with Crippen LogP contribution < -0.4 is 5.32 Å². The summed E-state index contributed by atoms with van der Waals surface area (Å²) < 4.78 is 5.38. The van der Waals surface area contributed by atoms with E-state index in [1.165, 1.54) is 0 Å². The summed E-state index contributed by atoms with van der Waals surface area (Å²) in [5.74, 6) is 0. The molecule has 118 valence electrons. The first-order valence-electron chi connectivity index (χ1n) is 7.98. The van der Waals surface area contributed by atoms with Crippen LogP contribution >= 0.6 is 0 Å². The van der Waals surface area contributed by atoms with Crippen molar-refractivity contribution in [2.24, 2.45) is 0 Å². The third-order valence-electron chi connectivity index (χ3n) is 4.41. The van der Waals surface area contributed by atoms with Crippen molar-refractivity contribution in [2.45, 2.75) is 12.5 Å². The second-order valence-corrected chi connectivity index (χ2v) is 5.92. The number of rotatable bonds is 5. The number of nitrogens with one attached hydrogen (secondary N) is 1. The number of nitrogens with zero attached hydrogens (tertiary/aromatic N) is 4. The second kappa shape index (κ2) is 7.54. The zero-order chi connectivity index (χ0) is 15.2. The van der Waals surface area contributed by atoms with Gasteiger partial charge in [0.05, 0.1) is 24.5 Å². The number of nitriles is 1. The molecule has 0 aromatic carbocycles. The Bertz CT molecular complexity index is 524. The summed E-state index contributed by atoms with van der Waals surface area (Å²) in [5.41, 5.74) is 1.52. The van der Waals surface area contributed by atoms with E-state index in [9.17, 15) is 0 Å². The van der Waals surface area contributed by atoms with Gasteiger partial charge in [-0.25, -0.2) is 0 Å². The van der Waals surface area contributed by atoms with E-state index < -0.39 is 0 Å². The minimum absolute atomic E-state index is 0.416. The molecule has 0 spiro atoms. The van der Waals surface area contributed by atoms with Crippen molar-refractivity contribution in [1.29, 1.82) is 5.26 Å². The maximum absolute atomic E-state index is 9.12. The molecule has 2 aliphatic rings. The molecule has 0 bridgehead atoms. The molecule has 3 heterocycles. The Hall–Kier alpha value is -1.68. The van der Waals surface area contributed by atoms with Gasteiger partial charge in [-0.2, -0.15) is 5.26 Å². The summed E-state index contributed by atoms with van der Waals surface area (Å²) >= 11 is 0. The van der Waals surface area contributed by atoms with Gasteiger partial charge in [0, 0.05) is 57.7 Å². The van der Waals surface area contributed by atoms with Crippen molar-refractivity contribution in [2.75, 3.05) is 57.8 Å². The molecule has 6 nitrogen and oxygen atoms in total. The molecule has 2 fully saturated rings. The lowest BCUT2D eigenvalue weighted by atomic mass is 10.2. The van der Waals surface area contributed by atoms with E-state index in [0.29, 0.717) is 11.6 Å². The average molecular weight is 301 g/mol. The third kappa shape index (κ3) is 3.95. The summed E-state index contributed by atoms with van der Waals surface area (Å²) in [6, 6.07) is 4.49. The first-order chi connectivity index (χ1) is 10.8. The molecule has 0 saturated carbocycles. The number of hydrogen-bond acceptors (Lipinski definition) is 6. The minimum atomic E-state index is 0.416. The van der Waals surface area contributed by atoms with Crippen LogP contribution in [-0.4, -0.2) is 73.3 Å². The van der Waals surface area contributed by atoms with Gasteiger partial charge in [0.1, 0.15) is 6.07 Å². The summed E-state index contributed by atoms with van der Waals surface area (Å²) in [6.45, 7) is 8.23. The molecular formula is C16H23N5O. The largest absolute Gasteiger partial charge is 0.380 e. The quantitative estimate of drug-likeness (QED) is 0.867. The molecule has 2 saturated heterocycles. The smallest absolute Gasteiger partial charge is 0.103 e. The summed E-state index contributed by atoms with van der Waals surface area (Å²) in [5, 5.41) is 12.6. The van der Waals surface area contributed by atoms with Crippen molar-refractivity contribution < 1.29 is 4.74 Å². The maximum Gasteiger partial charge on any atom is 0.103 e. The summed E-state index contributed by atoms with van der Waals surface area (Å²) in [6.07, 6.45) is 4.47. The molecule has 3 rings (SSSR count). The van der Waals surface area contributed by atoms with Crippen molar-refractivity contribution >= 4 is 5.69 Å². The van der Waals surface area contributed by atoms with E-state index in [-0.39, 0.29) is 0 Å². The highest BCUT2D eigenvalue weighted by molar-refractivity contribution is 5.56.